The molecule has 0 radical (unpaired) electrons. The van der Waals surface area contributed by atoms with Gasteiger partial charge in [0.05, 0.1) is 12.0 Å². The third kappa shape index (κ3) is 3.35. The fraction of sp³-hybridized carbons (Fsp3) is 0.188. The average molecular weight is 331 g/mol. The van der Waals surface area contributed by atoms with E-state index in [2.05, 4.69) is 14.7 Å². The van der Waals surface area contributed by atoms with Gasteiger partial charge in [-0.25, -0.2) is 18.1 Å². The van der Waals surface area contributed by atoms with Crippen LogP contribution >= 0.6 is 0 Å². The average Bonchev–Trinajstić information content (AvgIpc) is 2.98. The van der Waals surface area contributed by atoms with Crippen molar-refractivity contribution in [3.05, 3.63) is 54.4 Å². The summed E-state index contributed by atoms with van der Waals surface area (Å²) >= 11 is 0. The van der Waals surface area contributed by atoms with Crippen LogP contribution in [0.5, 0.6) is 5.75 Å². The van der Waals surface area contributed by atoms with Crippen LogP contribution in [0.1, 0.15) is 5.56 Å². The Morgan fingerprint density at radius 2 is 2.13 bits per heavy atom. The molecule has 2 aromatic heterocycles. The first kappa shape index (κ1) is 15.5. The summed E-state index contributed by atoms with van der Waals surface area (Å²) in [5.41, 5.74) is 1.83. The number of aromatic nitrogens is 2. The molecule has 120 valence electrons. The molecule has 2 heterocycles. The molecule has 1 aromatic carbocycles. The van der Waals surface area contributed by atoms with Crippen LogP contribution in [0.3, 0.4) is 0 Å². The highest BCUT2D eigenvalue weighted by Gasteiger charge is 2.14. The number of benzene rings is 1. The Morgan fingerprint density at radius 1 is 1.26 bits per heavy atom. The van der Waals surface area contributed by atoms with E-state index in [-0.39, 0.29) is 4.90 Å². The van der Waals surface area contributed by atoms with E-state index in [0.717, 1.165) is 16.6 Å². The number of aromatic amines is 1. The molecule has 0 aliphatic heterocycles. The lowest BCUT2D eigenvalue weighted by Gasteiger charge is -2.08. The highest BCUT2D eigenvalue weighted by molar-refractivity contribution is 7.89. The van der Waals surface area contributed by atoms with Gasteiger partial charge in [-0.3, -0.25) is 0 Å². The molecule has 0 bridgehead atoms. The number of nitrogens with one attached hydrogen (secondary N) is 2. The minimum absolute atomic E-state index is 0.192. The van der Waals surface area contributed by atoms with Gasteiger partial charge in [-0.15, -0.1) is 0 Å². The van der Waals surface area contributed by atoms with Crippen LogP contribution in [0, 0.1) is 0 Å². The fourth-order valence-corrected chi connectivity index (χ4v) is 3.46. The maximum absolute atomic E-state index is 12.3. The predicted octanol–water partition coefficient (Wildman–Crippen LogP) is 2.09. The normalized spacial score (nSPS) is 11.7. The number of H-pyrrole nitrogens is 1. The topological polar surface area (TPSA) is 84.1 Å². The third-order valence-electron chi connectivity index (χ3n) is 3.57. The molecule has 2 N–H and O–H groups in total. The molecule has 0 saturated carbocycles. The number of pyridine rings is 1. The molecule has 0 atom stereocenters. The van der Waals surface area contributed by atoms with Crippen molar-refractivity contribution in [2.45, 2.75) is 11.3 Å². The van der Waals surface area contributed by atoms with Gasteiger partial charge in [0, 0.05) is 30.4 Å². The summed E-state index contributed by atoms with van der Waals surface area (Å²) in [6.07, 6.45) is 4.15. The largest absolute Gasteiger partial charge is 0.497 e. The van der Waals surface area contributed by atoms with Crippen molar-refractivity contribution in [3.63, 3.8) is 0 Å². The van der Waals surface area contributed by atoms with Gasteiger partial charge in [-0.05, 0) is 36.2 Å². The van der Waals surface area contributed by atoms with E-state index in [9.17, 15) is 8.42 Å². The maximum Gasteiger partial charge on any atom is 0.240 e. The minimum Gasteiger partial charge on any atom is -0.497 e. The standard InChI is InChI=1S/C16H17N3O3S/c1-22-13-4-2-5-14(10-13)23(20,21)19-9-7-12-11-18-16-15(12)6-3-8-17-16/h2-6,8,10-11,19H,7,9H2,1H3,(H,17,18). The summed E-state index contributed by atoms with van der Waals surface area (Å²) < 4.78 is 32.3. The second kappa shape index (κ2) is 6.39. The molecule has 0 aliphatic carbocycles. The molecule has 3 rings (SSSR count). The van der Waals surface area contributed by atoms with Crippen LogP contribution in [0.2, 0.25) is 0 Å². The van der Waals surface area contributed by atoms with Gasteiger partial charge in [-0.2, -0.15) is 0 Å². The lowest BCUT2D eigenvalue weighted by molar-refractivity contribution is 0.413. The molecule has 0 saturated heterocycles. The fourth-order valence-electron chi connectivity index (χ4n) is 2.39. The van der Waals surface area contributed by atoms with Crippen molar-refractivity contribution in [2.24, 2.45) is 0 Å². The molecule has 0 amide bonds. The summed E-state index contributed by atoms with van der Waals surface area (Å²) in [6, 6.07) is 10.2. The maximum atomic E-state index is 12.3. The number of fused-ring (bicyclic) bond motifs is 1. The van der Waals surface area contributed by atoms with Crippen LogP contribution in [-0.2, 0) is 16.4 Å². The molecular weight excluding hydrogens is 314 g/mol. The van der Waals surface area contributed by atoms with Crippen molar-refractivity contribution >= 4 is 21.1 Å². The third-order valence-corrected chi connectivity index (χ3v) is 5.03. The van der Waals surface area contributed by atoms with Gasteiger partial charge in [0.1, 0.15) is 11.4 Å². The Labute approximate surface area is 134 Å². The molecule has 23 heavy (non-hydrogen) atoms. The first-order valence-electron chi connectivity index (χ1n) is 7.15. The van der Waals surface area contributed by atoms with E-state index < -0.39 is 10.0 Å². The summed E-state index contributed by atoms with van der Waals surface area (Å²) in [7, 11) is -2.05. The summed E-state index contributed by atoms with van der Waals surface area (Å²) in [6.45, 7) is 0.307. The van der Waals surface area contributed by atoms with Gasteiger partial charge < -0.3 is 9.72 Å². The molecule has 0 unspecified atom stereocenters. The highest BCUT2D eigenvalue weighted by Crippen LogP contribution is 2.18. The number of sulfonamides is 1. The predicted molar refractivity (Wildman–Crippen MR) is 88.0 cm³/mol. The second-order valence-corrected chi connectivity index (χ2v) is 6.81. The first-order chi connectivity index (χ1) is 11.1. The molecule has 7 heteroatoms. The number of ether oxygens (including phenoxy) is 1. The summed E-state index contributed by atoms with van der Waals surface area (Å²) in [4.78, 5) is 7.49. The number of hydrogen-bond donors (Lipinski definition) is 2. The van der Waals surface area contributed by atoms with Crippen LogP contribution < -0.4 is 9.46 Å². The van der Waals surface area contributed by atoms with E-state index in [1.165, 1.54) is 13.2 Å². The molecule has 0 fully saturated rings. The number of hydrogen-bond acceptors (Lipinski definition) is 4. The quantitative estimate of drug-likeness (QED) is 0.724. The molecule has 0 spiro atoms. The number of methoxy groups -OCH3 is 1. The van der Waals surface area contributed by atoms with E-state index in [4.69, 9.17) is 4.74 Å². The van der Waals surface area contributed by atoms with Crippen LogP contribution in [0.25, 0.3) is 11.0 Å². The molecule has 3 aromatic rings. The molecular formula is C16H17N3O3S. The van der Waals surface area contributed by atoms with Crippen molar-refractivity contribution in [2.75, 3.05) is 13.7 Å². The monoisotopic (exact) mass is 331 g/mol. The van der Waals surface area contributed by atoms with Crippen molar-refractivity contribution in [3.8, 4) is 5.75 Å². The van der Waals surface area contributed by atoms with Crippen molar-refractivity contribution in [1.29, 1.82) is 0 Å². The minimum atomic E-state index is -3.56. The zero-order valence-electron chi connectivity index (χ0n) is 12.6. The van der Waals surface area contributed by atoms with Gasteiger partial charge in [-0.1, -0.05) is 6.07 Å². The number of nitrogens with zero attached hydrogens (tertiary/aromatic N) is 1. The highest BCUT2D eigenvalue weighted by atomic mass is 32.2. The Balaban J connectivity index is 1.70. The van der Waals surface area contributed by atoms with E-state index >= 15 is 0 Å². The Bertz CT molecular complexity index is 919. The second-order valence-electron chi connectivity index (χ2n) is 5.04. The molecule has 6 nitrogen and oxygen atoms in total. The van der Waals surface area contributed by atoms with Gasteiger partial charge >= 0.3 is 0 Å². The summed E-state index contributed by atoms with van der Waals surface area (Å²) in [5.74, 6) is 0.510. The zero-order valence-corrected chi connectivity index (χ0v) is 13.4. The van der Waals surface area contributed by atoms with Crippen molar-refractivity contribution < 1.29 is 13.2 Å². The molecule has 0 aliphatic rings. The zero-order chi connectivity index (χ0) is 16.3. The van der Waals surface area contributed by atoms with Crippen LogP contribution in [-0.4, -0.2) is 32.0 Å². The van der Waals surface area contributed by atoms with Gasteiger partial charge in [0.25, 0.3) is 0 Å². The van der Waals surface area contributed by atoms with E-state index in [1.54, 1.807) is 24.4 Å². The first-order valence-corrected chi connectivity index (χ1v) is 8.63. The smallest absolute Gasteiger partial charge is 0.240 e. The lowest BCUT2D eigenvalue weighted by Crippen LogP contribution is -2.26. The Hall–Kier alpha value is -2.38. The van der Waals surface area contributed by atoms with Crippen molar-refractivity contribution in [1.82, 2.24) is 14.7 Å². The van der Waals surface area contributed by atoms with Crippen LogP contribution in [0.15, 0.2) is 53.7 Å². The van der Waals surface area contributed by atoms with E-state index in [0.29, 0.717) is 18.7 Å². The van der Waals surface area contributed by atoms with Gasteiger partial charge in [0.15, 0.2) is 0 Å². The van der Waals surface area contributed by atoms with Crippen LogP contribution in [0.4, 0.5) is 0 Å². The Morgan fingerprint density at radius 3 is 2.96 bits per heavy atom. The van der Waals surface area contributed by atoms with E-state index in [1.807, 2.05) is 18.3 Å². The number of rotatable bonds is 6. The SMILES string of the molecule is COc1cccc(S(=O)(=O)NCCc2c[nH]c3ncccc23)c1. The summed E-state index contributed by atoms with van der Waals surface area (Å²) in [5, 5.41) is 1.01. The Kier molecular flexibility index (Phi) is 4.31. The lowest BCUT2D eigenvalue weighted by atomic mass is 10.2. The van der Waals surface area contributed by atoms with Gasteiger partial charge in [0.2, 0.25) is 10.0 Å².